The number of rotatable bonds is 3. The van der Waals surface area contributed by atoms with E-state index in [0.29, 0.717) is 6.04 Å². The third-order valence-electron chi connectivity index (χ3n) is 6.46. The first-order chi connectivity index (χ1) is 15.6. The molecule has 33 heavy (non-hydrogen) atoms. The van der Waals surface area contributed by atoms with Gasteiger partial charge in [-0.3, -0.25) is 14.5 Å². The number of para-hydroxylation sites is 1. The van der Waals surface area contributed by atoms with Gasteiger partial charge in [0.1, 0.15) is 0 Å². The molecule has 2 amide bonds. The molecule has 2 N–H and O–H groups in total. The predicted molar refractivity (Wildman–Crippen MR) is 135 cm³/mol. The zero-order valence-corrected chi connectivity index (χ0v) is 20.2. The Balaban J connectivity index is 1.50. The fraction of sp³-hybridized carbons (Fsp3) is 0.407. The monoisotopic (exact) mass is 446 g/mol. The number of hydrogen-bond acceptors (Lipinski definition) is 4. The number of anilines is 3. The normalized spacial score (nSPS) is 21.2. The van der Waals surface area contributed by atoms with E-state index >= 15 is 0 Å². The highest BCUT2D eigenvalue weighted by Crippen LogP contribution is 2.34. The number of nitrogens with one attached hydrogen (secondary N) is 2. The van der Waals surface area contributed by atoms with E-state index in [0.717, 1.165) is 42.1 Å². The number of amides is 2. The molecule has 0 saturated carbocycles. The molecule has 1 unspecified atom stereocenters. The number of aryl methyl sites for hydroxylation is 1. The third-order valence-corrected chi connectivity index (χ3v) is 6.46. The van der Waals surface area contributed by atoms with Crippen LogP contribution >= 0.6 is 0 Å². The van der Waals surface area contributed by atoms with Crippen molar-refractivity contribution in [2.75, 3.05) is 35.2 Å². The van der Waals surface area contributed by atoms with Crippen LogP contribution in [0.3, 0.4) is 0 Å². The molecule has 2 atom stereocenters. The minimum atomic E-state index is -0.428. The Morgan fingerprint density at radius 3 is 2.58 bits per heavy atom. The highest BCUT2D eigenvalue weighted by molar-refractivity contribution is 6.00. The summed E-state index contributed by atoms with van der Waals surface area (Å²) in [4.78, 5) is 29.3. The van der Waals surface area contributed by atoms with Crippen molar-refractivity contribution in [2.45, 2.75) is 46.7 Å². The molecule has 1 saturated heterocycles. The van der Waals surface area contributed by atoms with Gasteiger partial charge in [0.25, 0.3) is 0 Å². The minimum absolute atomic E-state index is 0.0151. The molecule has 6 nitrogen and oxygen atoms in total. The van der Waals surface area contributed by atoms with Crippen LogP contribution < -0.4 is 15.5 Å². The number of carbonyl (C=O) groups is 2. The number of piperazine rings is 1. The van der Waals surface area contributed by atoms with E-state index in [9.17, 15) is 9.59 Å². The SMILES string of the molecule is Cc1cc(NC(=O)C(C)(C)C)ccc1N1CCN(C2C=CC(=O)Nc3ccccc32)C[C@H]1C. The van der Waals surface area contributed by atoms with E-state index in [4.69, 9.17) is 0 Å². The number of carbonyl (C=O) groups excluding carboxylic acids is 2. The highest BCUT2D eigenvalue weighted by Gasteiger charge is 2.31. The summed E-state index contributed by atoms with van der Waals surface area (Å²) in [6.07, 6.45) is 3.66. The largest absolute Gasteiger partial charge is 0.366 e. The molecule has 2 aliphatic rings. The third kappa shape index (κ3) is 4.96. The summed E-state index contributed by atoms with van der Waals surface area (Å²) in [5.74, 6) is -0.0627. The van der Waals surface area contributed by atoms with Crippen molar-refractivity contribution >= 4 is 28.9 Å². The summed E-state index contributed by atoms with van der Waals surface area (Å²) >= 11 is 0. The lowest BCUT2D eigenvalue weighted by atomic mass is 9.95. The van der Waals surface area contributed by atoms with Gasteiger partial charge in [-0.15, -0.1) is 0 Å². The molecule has 0 bridgehead atoms. The van der Waals surface area contributed by atoms with Gasteiger partial charge in [0.05, 0.1) is 6.04 Å². The first-order valence-corrected chi connectivity index (χ1v) is 11.6. The Morgan fingerprint density at radius 1 is 1.12 bits per heavy atom. The zero-order valence-electron chi connectivity index (χ0n) is 20.2. The van der Waals surface area contributed by atoms with Crippen LogP contribution in [-0.4, -0.2) is 42.4 Å². The van der Waals surface area contributed by atoms with Crippen molar-refractivity contribution in [2.24, 2.45) is 5.41 Å². The van der Waals surface area contributed by atoms with E-state index < -0.39 is 5.41 Å². The van der Waals surface area contributed by atoms with Crippen LogP contribution in [0.25, 0.3) is 0 Å². The second-order valence-electron chi connectivity index (χ2n) is 10.1. The Bertz CT molecular complexity index is 1090. The Hall–Kier alpha value is -3.12. The number of hydrogen-bond donors (Lipinski definition) is 2. The molecule has 2 aromatic carbocycles. The van der Waals surface area contributed by atoms with Gasteiger partial charge in [0.2, 0.25) is 11.8 Å². The lowest BCUT2D eigenvalue weighted by Crippen LogP contribution is -2.52. The second-order valence-corrected chi connectivity index (χ2v) is 10.1. The predicted octanol–water partition coefficient (Wildman–Crippen LogP) is 4.74. The fourth-order valence-corrected chi connectivity index (χ4v) is 4.61. The van der Waals surface area contributed by atoms with Crippen LogP contribution in [0.2, 0.25) is 0 Å². The molecule has 6 heteroatoms. The summed E-state index contributed by atoms with van der Waals surface area (Å²) in [6.45, 7) is 12.8. The standard InChI is InChI=1S/C27H34N4O2/c1-18-16-20(28-26(33)27(3,4)5)10-11-23(18)31-15-14-30(17-19(31)2)24-12-13-25(32)29-22-9-7-6-8-21(22)24/h6-13,16,19,24H,14-15,17H2,1-5H3,(H,28,33)(H,29,32)/t19-,24?/m1/s1. The van der Waals surface area contributed by atoms with E-state index in [-0.39, 0.29) is 17.9 Å². The van der Waals surface area contributed by atoms with Gasteiger partial charge < -0.3 is 15.5 Å². The maximum absolute atomic E-state index is 12.3. The fourth-order valence-electron chi connectivity index (χ4n) is 4.61. The van der Waals surface area contributed by atoms with Crippen molar-refractivity contribution in [3.8, 4) is 0 Å². The van der Waals surface area contributed by atoms with Gasteiger partial charge >= 0.3 is 0 Å². The van der Waals surface area contributed by atoms with Gasteiger partial charge in [0.15, 0.2) is 0 Å². The maximum Gasteiger partial charge on any atom is 0.248 e. The average molecular weight is 447 g/mol. The van der Waals surface area contributed by atoms with Gasteiger partial charge in [-0.1, -0.05) is 45.0 Å². The van der Waals surface area contributed by atoms with Crippen LogP contribution in [0.4, 0.5) is 17.1 Å². The van der Waals surface area contributed by atoms with Crippen LogP contribution in [0.15, 0.2) is 54.6 Å². The van der Waals surface area contributed by atoms with Crippen molar-refractivity contribution in [3.05, 3.63) is 65.7 Å². The number of benzene rings is 2. The Morgan fingerprint density at radius 2 is 1.88 bits per heavy atom. The van der Waals surface area contributed by atoms with Crippen LogP contribution in [-0.2, 0) is 9.59 Å². The van der Waals surface area contributed by atoms with Gasteiger partial charge in [-0.25, -0.2) is 0 Å². The molecular weight excluding hydrogens is 412 g/mol. The topological polar surface area (TPSA) is 64.7 Å². The van der Waals surface area contributed by atoms with E-state index in [2.05, 4.69) is 52.5 Å². The van der Waals surface area contributed by atoms with Crippen LogP contribution in [0.1, 0.15) is 44.9 Å². The maximum atomic E-state index is 12.3. The first-order valence-electron chi connectivity index (χ1n) is 11.6. The van der Waals surface area contributed by atoms with Gasteiger partial charge in [-0.05, 0) is 49.2 Å². The lowest BCUT2D eigenvalue weighted by molar-refractivity contribution is -0.123. The first kappa shape index (κ1) is 23.1. The molecule has 1 fully saturated rings. The molecule has 2 aliphatic heterocycles. The van der Waals surface area contributed by atoms with Crippen molar-refractivity contribution in [1.82, 2.24) is 4.90 Å². The highest BCUT2D eigenvalue weighted by atomic mass is 16.2. The van der Waals surface area contributed by atoms with Gasteiger partial charge in [-0.2, -0.15) is 0 Å². The Kier molecular flexibility index (Phi) is 6.30. The van der Waals surface area contributed by atoms with Crippen molar-refractivity contribution in [3.63, 3.8) is 0 Å². The van der Waals surface area contributed by atoms with Crippen molar-refractivity contribution in [1.29, 1.82) is 0 Å². The molecule has 2 heterocycles. The van der Waals surface area contributed by atoms with E-state index in [1.54, 1.807) is 6.08 Å². The summed E-state index contributed by atoms with van der Waals surface area (Å²) in [5.41, 5.74) is 4.77. The molecule has 0 aliphatic carbocycles. The molecule has 0 spiro atoms. The number of fused-ring (bicyclic) bond motifs is 1. The molecular formula is C27H34N4O2. The lowest BCUT2D eigenvalue weighted by Gasteiger charge is -2.44. The summed E-state index contributed by atoms with van der Waals surface area (Å²) in [5, 5.41) is 6.01. The molecule has 0 radical (unpaired) electrons. The second kappa shape index (κ2) is 9.02. The molecule has 2 aromatic rings. The smallest absolute Gasteiger partial charge is 0.248 e. The average Bonchev–Trinajstić information content (AvgIpc) is 2.92. The minimum Gasteiger partial charge on any atom is -0.366 e. The molecule has 0 aromatic heterocycles. The summed E-state index contributed by atoms with van der Waals surface area (Å²) in [7, 11) is 0. The molecule has 174 valence electrons. The van der Waals surface area contributed by atoms with E-state index in [1.165, 1.54) is 5.69 Å². The Labute approximate surface area is 196 Å². The van der Waals surface area contributed by atoms with Gasteiger partial charge in [0, 0.05) is 54.2 Å². The summed E-state index contributed by atoms with van der Waals surface area (Å²) < 4.78 is 0. The van der Waals surface area contributed by atoms with E-state index in [1.807, 2.05) is 51.1 Å². The van der Waals surface area contributed by atoms with Crippen LogP contribution in [0.5, 0.6) is 0 Å². The molecule has 4 rings (SSSR count). The zero-order chi connectivity index (χ0) is 23.8. The number of nitrogens with zero attached hydrogens (tertiary/aromatic N) is 2. The van der Waals surface area contributed by atoms with Crippen molar-refractivity contribution < 1.29 is 9.59 Å². The quantitative estimate of drug-likeness (QED) is 0.715. The van der Waals surface area contributed by atoms with Crippen LogP contribution in [0, 0.1) is 12.3 Å². The summed E-state index contributed by atoms with van der Waals surface area (Å²) in [6, 6.07) is 14.6.